The Hall–Kier alpha value is -0.660. The van der Waals surface area contributed by atoms with Crippen LogP contribution in [0.4, 0.5) is 0 Å². The molecule has 0 radical (unpaired) electrons. The molecule has 16 heavy (non-hydrogen) atoms. The molecule has 1 aliphatic heterocycles. The number of ether oxygens (including phenoxy) is 1. The first-order valence-electron chi connectivity index (χ1n) is 5.00. The van der Waals surface area contributed by atoms with E-state index >= 15 is 0 Å². The van der Waals surface area contributed by atoms with Crippen LogP contribution in [-0.4, -0.2) is 54.3 Å². The van der Waals surface area contributed by atoms with Crippen molar-refractivity contribution in [2.45, 2.75) is 31.6 Å². The van der Waals surface area contributed by atoms with E-state index in [1.807, 2.05) is 0 Å². The van der Waals surface area contributed by atoms with Crippen molar-refractivity contribution in [3.63, 3.8) is 0 Å². The van der Waals surface area contributed by atoms with Crippen LogP contribution >= 0.6 is 0 Å². The lowest BCUT2D eigenvalue weighted by atomic mass is 10.3. The number of carboxylic acid groups (broad SMARTS) is 1. The van der Waals surface area contributed by atoms with Crippen LogP contribution in [-0.2, 0) is 19.6 Å². The molecule has 94 valence electrons. The number of nitrogens with zero attached hydrogens (tertiary/aromatic N) is 1. The Morgan fingerprint density at radius 2 is 2.00 bits per heavy atom. The summed E-state index contributed by atoms with van der Waals surface area (Å²) in [5, 5.41) is 8.78. The molecule has 7 heteroatoms. The lowest BCUT2D eigenvalue weighted by molar-refractivity contribution is -0.153. The predicted molar refractivity (Wildman–Crippen MR) is 57.6 cm³/mol. The van der Waals surface area contributed by atoms with Crippen molar-refractivity contribution in [3.05, 3.63) is 0 Å². The van der Waals surface area contributed by atoms with Crippen molar-refractivity contribution >= 4 is 16.0 Å². The summed E-state index contributed by atoms with van der Waals surface area (Å²) in [5.74, 6) is -1.13. The van der Waals surface area contributed by atoms with Gasteiger partial charge in [-0.3, -0.25) is 0 Å². The van der Waals surface area contributed by atoms with Crippen LogP contribution in [0, 0.1) is 0 Å². The molecular weight excluding hydrogens is 234 g/mol. The minimum absolute atomic E-state index is 0.116. The van der Waals surface area contributed by atoms with Crippen LogP contribution in [0.3, 0.4) is 0 Å². The van der Waals surface area contributed by atoms with Crippen LogP contribution < -0.4 is 0 Å². The normalized spacial score (nSPS) is 24.3. The topological polar surface area (TPSA) is 83.9 Å². The van der Waals surface area contributed by atoms with E-state index in [9.17, 15) is 13.2 Å². The smallest absolute Gasteiger partial charge is 0.334 e. The van der Waals surface area contributed by atoms with Crippen molar-refractivity contribution in [2.75, 3.05) is 19.7 Å². The highest BCUT2D eigenvalue weighted by atomic mass is 32.2. The Balaban J connectivity index is 2.87. The molecule has 1 aliphatic rings. The Bertz CT molecular complexity index is 370. The average molecular weight is 251 g/mol. The summed E-state index contributed by atoms with van der Waals surface area (Å²) in [6, 6.07) is 0. The number of hydrogen-bond donors (Lipinski definition) is 1. The van der Waals surface area contributed by atoms with Crippen LogP contribution in [0.5, 0.6) is 0 Å². The van der Waals surface area contributed by atoms with Gasteiger partial charge in [-0.15, -0.1) is 0 Å². The number of aliphatic carboxylic acids is 1. The number of sulfonamides is 1. The third-order valence-corrected chi connectivity index (χ3v) is 4.98. The molecule has 0 saturated carbocycles. The SMILES string of the molecule is CC(C)(C)S(=O)(=O)N1CCOC(C(=O)O)C1. The van der Waals surface area contributed by atoms with Gasteiger partial charge < -0.3 is 9.84 Å². The number of hydrogen-bond acceptors (Lipinski definition) is 4. The number of carbonyl (C=O) groups is 1. The fraction of sp³-hybridized carbons (Fsp3) is 0.889. The molecule has 1 rings (SSSR count). The molecule has 6 nitrogen and oxygen atoms in total. The molecule has 1 saturated heterocycles. The van der Waals surface area contributed by atoms with Crippen LogP contribution in [0.1, 0.15) is 20.8 Å². The van der Waals surface area contributed by atoms with E-state index in [-0.39, 0.29) is 19.7 Å². The molecule has 0 aromatic heterocycles. The van der Waals surface area contributed by atoms with Crippen molar-refractivity contribution in [3.8, 4) is 0 Å². The molecule has 1 heterocycles. The van der Waals surface area contributed by atoms with Gasteiger partial charge in [-0.25, -0.2) is 13.2 Å². The van der Waals surface area contributed by atoms with Gasteiger partial charge in [0.1, 0.15) is 0 Å². The van der Waals surface area contributed by atoms with E-state index in [1.54, 1.807) is 20.8 Å². The Kier molecular flexibility index (Phi) is 3.61. The number of rotatable bonds is 2. The zero-order valence-corrected chi connectivity index (χ0v) is 10.5. The highest BCUT2D eigenvalue weighted by Crippen LogP contribution is 2.22. The van der Waals surface area contributed by atoms with Crippen LogP contribution in [0.2, 0.25) is 0 Å². The van der Waals surface area contributed by atoms with Gasteiger partial charge in [-0.1, -0.05) is 0 Å². The first-order valence-corrected chi connectivity index (χ1v) is 6.44. The van der Waals surface area contributed by atoms with E-state index in [4.69, 9.17) is 9.84 Å². The second-order valence-corrected chi connectivity index (χ2v) is 7.36. The van der Waals surface area contributed by atoms with Gasteiger partial charge in [-0.2, -0.15) is 4.31 Å². The van der Waals surface area contributed by atoms with Crippen molar-refractivity contribution in [2.24, 2.45) is 0 Å². The second-order valence-electron chi connectivity index (χ2n) is 4.67. The molecule has 0 bridgehead atoms. The molecule has 1 N–H and O–H groups in total. The third kappa shape index (κ3) is 2.53. The molecule has 1 atom stereocenters. The van der Waals surface area contributed by atoms with Gasteiger partial charge in [0, 0.05) is 6.54 Å². The van der Waals surface area contributed by atoms with Crippen LogP contribution in [0.25, 0.3) is 0 Å². The van der Waals surface area contributed by atoms with Gasteiger partial charge in [-0.05, 0) is 20.8 Å². The third-order valence-electron chi connectivity index (χ3n) is 2.42. The Labute approximate surface area is 95.2 Å². The van der Waals surface area contributed by atoms with Gasteiger partial charge in [0.15, 0.2) is 6.10 Å². The highest BCUT2D eigenvalue weighted by molar-refractivity contribution is 7.90. The summed E-state index contributed by atoms with van der Waals surface area (Å²) in [6.45, 7) is 4.99. The average Bonchev–Trinajstić information content (AvgIpc) is 2.16. The summed E-state index contributed by atoms with van der Waals surface area (Å²) in [4.78, 5) is 10.7. The van der Waals surface area contributed by atoms with Gasteiger partial charge >= 0.3 is 5.97 Å². The number of carboxylic acids is 1. The van der Waals surface area contributed by atoms with E-state index in [1.165, 1.54) is 4.31 Å². The monoisotopic (exact) mass is 251 g/mol. The van der Waals surface area contributed by atoms with E-state index in [0.29, 0.717) is 0 Å². The molecule has 0 spiro atoms. The fourth-order valence-corrected chi connectivity index (χ4v) is 2.80. The standard InChI is InChI=1S/C9H17NO5S/c1-9(2,3)16(13,14)10-4-5-15-7(6-10)8(11)12/h7H,4-6H2,1-3H3,(H,11,12). The lowest BCUT2D eigenvalue weighted by Gasteiger charge is -2.34. The molecule has 0 aromatic rings. The van der Waals surface area contributed by atoms with Crippen molar-refractivity contribution in [1.29, 1.82) is 0 Å². The summed E-state index contributed by atoms with van der Waals surface area (Å²) in [7, 11) is -3.48. The molecule has 0 amide bonds. The highest BCUT2D eigenvalue weighted by Gasteiger charge is 2.39. The van der Waals surface area contributed by atoms with Crippen molar-refractivity contribution < 1.29 is 23.1 Å². The zero-order valence-electron chi connectivity index (χ0n) is 9.63. The first kappa shape index (κ1) is 13.4. The van der Waals surface area contributed by atoms with Gasteiger partial charge in [0.05, 0.1) is 17.9 Å². The van der Waals surface area contributed by atoms with E-state index in [2.05, 4.69) is 0 Å². The lowest BCUT2D eigenvalue weighted by Crippen LogP contribution is -2.52. The van der Waals surface area contributed by atoms with Crippen molar-refractivity contribution in [1.82, 2.24) is 4.31 Å². The molecule has 1 fully saturated rings. The largest absolute Gasteiger partial charge is 0.479 e. The maximum atomic E-state index is 12.1. The summed E-state index contributed by atoms with van der Waals surface area (Å²) >= 11 is 0. The maximum absolute atomic E-state index is 12.1. The summed E-state index contributed by atoms with van der Waals surface area (Å²) < 4.78 is 29.3. The Morgan fingerprint density at radius 3 is 2.44 bits per heavy atom. The molecule has 1 unspecified atom stereocenters. The minimum Gasteiger partial charge on any atom is -0.479 e. The van der Waals surface area contributed by atoms with Crippen LogP contribution in [0.15, 0.2) is 0 Å². The quantitative estimate of drug-likeness (QED) is 0.741. The van der Waals surface area contributed by atoms with Gasteiger partial charge in [0.2, 0.25) is 10.0 Å². The molecule has 0 aromatic carbocycles. The van der Waals surface area contributed by atoms with Gasteiger partial charge in [0.25, 0.3) is 0 Å². The number of morpholine rings is 1. The fourth-order valence-electron chi connectivity index (χ4n) is 1.38. The summed E-state index contributed by atoms with van der Waals surface area (Å²) in [5.41, 5.74) is 0. The maximum Gasteiger partial charge on any atom is 0.334 e. The Morgan fingerprint density at radius 1 is 1.44 bits per heavy atom. The summed E-state index contributed by atoms with van der Waals surface area (Å²) in [6.07, 6.45) is -1.06. The zero-order chi connectivity index (χ0) is 12.6. The van der Waals surface area contributed by atoms with E-state index < -0.39 is 26.8 Å². The second kappa shape index (κ2) is 4.31. The van der Waals surface area contributed by atoms with E-state index in [0.717, 1.165) is 0 Å². The minimum atomic E-state index is -3.48. The predicted octanol–water partition coefficient (Wildman–Crippen LogP) is -0.0999. The molecule has 0 aliphatic carbocycles. The first-order chi connectivity index (χ1) is 7.16. The molecular formula is C9H17NO5S.